The van der Waals surface area contributed by atoms with Crippen molar-refractivity contribution >= 4 is 5.69 Å². The van der Waals surface area contributed by atoms with E-state index in [0.717, 1.165) is 51.6 Å². The monoisotopic (exact) mass is 287 g/mol. The van der Waals surface area contributed by atoms with Gasteiger partial charge in [-0.25, -0.2) is 0 Å². The van der Waals surface area contributed by atoms with E-state index in [1.54, 1.807) is 18.3 Å². The van der Waals surface area contributed by atoms with Gasteiger partial charge in [-0.1, -0.05) is 17.7 Å². The molecule has 0 saturated carbocycles. The van der Waals surface area contributed by atoms with E-state index in [1.807, 2.05) is 12.1 Å². The molecule has 3 rings (SSSR count). The van der Waals surface area contributed by atoms with Crippen LogP contribution in [0.15, 0.2) is 35.4 Å². The lowest BCUT2D eigenvalue weighted by Gasteiger charge is -2.37. The van der Waals surface area contributed by atoms with Crippen LogP contribution in [0.3, 0.4) is 0 Å². The van der Waals surface area contributed by atoms with E-state index in [2.05, 4.69) is 34.2 Å². The largest absolute Gasteiger partial charge is 0.495 e. The molecule has 0 aliphatic carbocycles. The van der Waals surface area contributed by atoms with Crippen molar-refractivity contribution in [3.63, 3.8) is 0 Å². The van der Waals surface area contributed by atoms with Gasteiger partial charge >= 0.3 is 0 Å². The van der Waals surface area contributed by atoms with E-state index in [9.17, 15) is 0 Å². The molecule has 0 spiro atoms. The molecule has 1 N–H and O–H groups in total. The zero-order chi connectivity index (χ0) is 14.7. The van der Waals surface area contributed by atoms with Crippen molar-refractivity contribution in [1.29, 1.82) is 0 Å². The molecule has 0 bridgehead atoms. The van der Waals surface area contributed by atoms with Gasteiger partial charge in [0.05, 0.1) is 12.8 Å². The number of piperazine rings is 1. The highest BCUT2D eigenvalue weighted by molar-refractivity contribution is 5.58. The Kier molecular flexibility index (Phi) is 4.46. The van der Waals surface area contributed by atoms with Crippen LogP contribution in [0.2, 0.25) is 0 Å². The Labute approximate surface area is 127 Å². The summed E-state index contributed by atoms with van der Waals surface area (Å²) >= 11 is 0. The van der Waals surface area contributed by atoms with Gasteiger partial charge in [-0.05, 0) is 24.6 Å². The molecular weight excluding hydrogens is 262 g/mol. The number of methoxy groups -OCH3 is 1. The number of ether oxygens (including phenoxy) is 1. The molecule has 2 aliphatic heterocycles. The molecule has 2 heterocycles. The van der Waals surface area contributed by atoms with Gasteiger partial charge in [0.25, 0.3) is 0 Å². The fourth-order valence-electron chi connectivity index (χ4n) is 3.04. The smallest absolute Gasteiger partial charge is 0.142 e. The summed E-state index contributed by atoms with van der Waals surface area (Å²) in [6, 6.07) is 8.31. The van der Waals surface area contributed by atoms with Crippen LogP contribution >= 0.6 is 0 Å². The predicted molar refractivity (Wildman–Crippen MR) is 87.2 cm³/mol. The summed E-state index contributed by atoms with van der Waals surface area (Å²) in [6.07, 6.45) is 0. The topological polar surface area (TPSA) is 27.7 Å². The zero-order valence-electron chi connectivity index (χ0n) is 13.1. The van der Waals surface area contributed by atoms with Crippen LogP contribution < -0.4 is 15.0 Å². The number of anilines is 1. The number of hydrogen-bond donors (Lipinski definition) is 1. The normalized spacial score (nSPS) is 19.3. The maximum atomic E-state index is 5.47. The predicted octanol–water partition coefficient (Wildman–Crippen LogP) is 1.74. The molecule has 114 valence electrons. The lowest BCUT2D eigenvalue weighted by molar-refractivity contribution is 0.275. The lowest BCUT2D eigenvalue weighted by atomic mass is 10.0. The molecule has 2 fully saturated rings. The Morgan fingerprint density at radius 1 is 1.14 bits per heavy atom. The average molecular weight is 287 g/mol. The minimum atomic E-state index is 0.977. The average Bonchev–Trinajstić information content (AvgIpc) is 2.46. The molecule has 2 saturated heterocycles. The molecule has 2 aliphatic rings. The van der Waals surface area contributed by atoms with Crippen LogP contribution in [0.5, 0.6) is 5.75 Å². The van der Waals surface area contributed by atoms with E-state index in [0.29, 0.717) is 0 Å². The van der Waals surface area contributed by atoms with E-state index >= 15 is 0 Å². The van der Waals surface area contributed by atoms with Crippen LogP contribution in [-0.4, -0.2) is 57.8 Å². The van der Waals surface area contributed by atoms with E-state index in [-0.39, 0.29) is 0 Å². The summed E-state index contributed by atoms with van der Waals surface area (Å²) in [6.45, 7) is 9.97. The Balaban J connectivity index is 1.57. The standard InChI is InChI=1S/C17H25N3O/c1-14(15-11-18-12-15)13-19-7-9-20(10-8-19)16-5-3-4-6-17(16)21-2/h3-6,18H,7-13H2,1-2H3. The van der Waals surface area contributed by atoms with Crippen molar-refractivity contribution in [3.8, 4) is 5.75 Å². The number of nitrogens with zero attached hydrogens (tertiary/aromatic N) is 2. The van der Waals surface area contributed by atoms with Crippen LogP contribution in [0.4, 0.5) is 5.69 Å². The molecule has 1 aromatic carbocycles. The second kappa shape index (κ2) is 6.50. The summed E-state index contributed by atoms with van der Waals surface area (Å²) in [5.41, 5.74) is 4.37. The number of nitrogens with one attached hydrogen (secondary N) is 1. The molecule has 21 heavy (non-hydrogen) atoms. The molecule has 0 amide bonds. The third-order valence-corrected chi connectivity index (χ3v) is 4.54. The second-order valence-corrected chi connectivity index (χ2v) is 5.92. The Morgan fingerprint density at radius 3 is 2.48 bits per heavy atom. The summed E-state index contributed by atoms with van der Waals surface area (Å²) in [5, 5.41) is 3.32. The van der Waals surface area contributed by atoms with Gasteiger partial charge in [-0.15, -0.1) is 0 Å². The van der Waals surface area contributed by atoms with Crippen molar-refractivity contribution in [3.05, 3.63) is 35.4 Å². The van der Waals surface area contributed by atoms with Crippen LogP contribution in [0.1, 0.15) is 6.92 Å². The first-order chi connectivity index (χ1) is 10.3. The van der Waals surface area contributed by atoms with Crippen molar-refractivity contribution in [2.75, 3.05) is 57.8 Å². The third kappa shape index (κ3) is 3.22. The first-order valence-electron chi connectivity index (χ1n) is 7.76. The first kappa shape index (κ1) is 14.4. The first-order valence-corrected chi connectivity index (χ1v) is 7.76. The summed E-state index contributed by atoms with van der Waals surface area (Å²) in [7, 11) is 1.75. The molecule has 4 nitrogen and oxygen atoms in total. The zero-order valence-corrected chi connectivity index (χ0v) is 13.1. The Hall–Kier alpha value is -1.52. The second-order valence-electron chi connectivity index (χ2n) is 5.92. The summed E-state index contributed by atoms with van der Waals surface area (Å²) in [4.78, 5) is 5.00. The van der Waals surface area contributed by atoms with Gasteiger partial charge in [-0.3, -0.25) is 4.90 Å². The van der Waals surface area contributed by atoms with Gasteiger partial charge in [0, 0.05) is 45.8 Å². The van der Waals surface area contributed by atoms with Gasteiger partial charge < -0.3 is 15.0 Å². The highest BCUT2D eigenvalue weighted by atomic mass is 16.5. The molecule has 0 atom stereocenters. The van der Waals surface area contributed by atoms with Crippen LogP contribution in [0, 0.1) is 0 Å². The Bertz CT molecular complexity index is 513. The SMILES string of the molecule is COc1ccccc1N1CCN(CC(C)=C2CNC2)CC1. The highest BCUT2D eigenvalue weighted by Crippen LogP contribution is 2.28. The summed E-state index contributed by atoms with van der Waals surface area (Å²) in [5.74, 6) is 0.977. The van der Waals surface area contributed by atoms with Gasteiger partial charge in [0.1, 0.15) is 5.75 Å². The van der Waals surface area contributed by atoms with E-state index < -0.39 is 0 Å². The van der Waals surface area contributed by atoms with Gasteiger partial charge in [-0.2, -0.15) is 0 Å². The Morgan fingerprint density at radius 2 is 1.86 bits per heavy atom. The van der Waals surface area contributed by atoms with Gasteiger partial charge in [0.2, 0.25) is 0 Å². The molecule has 0 aromatic heterocycles. The van der Waals surface area contributed by atoms with Crippen LogP contribution in [-0.2, 0) is 0 Å². The lowest BCUT2D eigenvalue weighted by Crippen LogP contribution is -2.47. The maximum Gasteiger partial charge on any atom is 0.142 e. The molecule has 0 radical (unpaired) electrons. The third-order valence-electron chi connectivity index (χ3n) is 4.54. The summed E-state index contributed by atoms with van der Waals surface area (Å²) < 4.78 is 5.47. The van der Waals surface area contributed by atoms with Crippen molar-refractivity contribution in [2.24, 2.45) is 0 Å². The fraction of sp³-hybridized carbons (Fsp3) is 0.529. The number of benzene rings is 1. The number of rotatable bonds is 4. The van der Waals surface area contributed by atoms with Crippen molar-refractivity contribution in [1.82, 2.24) is 10.2 Å². The molecular formula is C17H25N3O. The molecule has 1 aromatic rings. The number of para-hydroxylation sites is 2. The minimum absolute atomic E-state index is 0.977. The van der Waals surface area contributed by atoms with Gasteiger partial charge in [0.15, 0.2) is 0 Å². The highest BCUT2D eigenvalue weighted by Gasteiger charge is 2.20. The van der Waals surface area contributed by atoms with E-state index in [4.69, 9.17) is 4.74 Å². The van der Waals surface area contributed by atoms with E-state index in [1.165, 1.54) is 5.69 Å². The van der Waals surface area contributed by atoms with Crippen molar-refractivity contribution in [2.45, 2.75) is 6.92 Å². The minimum Gasteiger partial charge on any atom is -0.495 e. The van der Waals surface area contributed by atoms with Crippen LogP contribution in [0.25, 0.3) is 0 Å². The molecule has 0 unspecified atom stereocenters. The maximum absolute atomic E-state index is 5.47. The molecule has 4 heteroatoms. The van der Waals surface area contributed by atoms with Crippen molar-refractivity contribution < 1.29 is 4.74 Å². The fourth-order valence-corrected chi connectivity index (χ4v) is 3.04. The quantitative estimate of drug-likeness (QED) is 0.854. The number of hydrogen-bond acceptors (Lipinski definition) is 4.